The second-order valence-corrected chi connectivity index (χ2v) is 4.59. The molecule has 0 amide bonds. The average molecular weight is 250 g/mol. The zero-order chi connectivity index (χ0) is 12.3. The van der Waals surface area contributed by atoms with Gasteiger partial charge in [0, 0.05) is 4.90 Å². The van der Waals surface area contributed by atoms with E-state index in [1.807, 2.05) is 30.5 Å². The van der Waals surface area contributed by atoms with Gasteiger partial charge in [-0.1, -0.05) is 24.3 Å². The summed E-state index contributed by atoms with van der Waals surface area (Å²) in [5, 5.41) is 0. The molecule has 0 saturated carbocycles. The predicted molar refractivity (Wildman–Crippen MR) is 67.4 cm³/mol. The first-order valence-corrected chi connectivity index (χ1v) is 6.49. The molecular weight excluding hydrogens is 238 g/mol. The molecule has 0 aliphatic carbocycles. The third-order valence-corrected chi connectivity index (χ3v) is 3.41. The van der Waals surface area contributed by atoms with Crippen molar-refractivity contribution in [2.75, 3.05) is 6.26 Å². The van der Waals surface area contributed by atoms with Crippen LogP contribution >= 0.6 is 11.8 Å². The molecule has 0 fully saturated rings. The van der Waals surface area contributed by atoms with Crippen LogP contribution in [-0.2, 0) is 6.42 Å². The normalized spacial score (nSPS) is 10.5. The van der Waals surface area contributed by atoms with E-state index >= 15 is 0 Å². The van der Waals surface area contributed by atoms with Gasteiger partial charge in [-0.05, 0) is 42.0 Å². The molecule has 0 bridgehead atoms. The van der Waals surface area contributed by atoms with E-state index < -0.39 is 11.6 Å². The first-order chi connectivity index (χ1) is 8.20. The van der Waals surface area contributed by atoms with E-state index in [-0.39, 0.29) is 0 Å². The maximum Gasteiger partial charge on any atom is 0.159 e. The summed E-state index contributed by atoms with van der Waals surface area (Å²) < 4.78 is 25.9. The van der Waals surface area contributed by atoms with Crippen molar-refractivity contribution < 1.29 is 8.78 Å². The van der Waals surface area contributed by atoms with Gasteiger partial charge in [-0.15, -0.1) is 11.8 Å². The minimum absolute atomic E-state index is 0.619. The monoisotopic (exact) mass is 250 g/mol. The van der Waals surface area contributed by atoms with Gasteiger partial charge in [-0.25, -0.2) is 8.78 Å². The minimum atomic E-state index is -0.799. The maximum absolute atomic E-state index is 13.1. The molecule has 0 heterocycles. The van der Waals surface area contributed by atoms with Crippen molar-refractivity contribution in [3.8, 4) is 0 Å². The van der Waals surface area contributed by atoms with Crippen molar-refractivity contribution in [3.05, 3.63) is 65.2 Å². The fourth-order valence-corrected chi connectivity index (χ4v) is 2.34. The zero-order valence-corrected chi connectivity index (χ0v) is 10.2. The molecule has 0 spiro atoms. The lowest BCUT2D eigenvalue weighted by Crippen LogP contribution is -1.93. The Hall–Kier alpha value is -1.35. The van der Waals surface area contributed by atoms with Crippen LogP contribution in [0.1, 0.15) is 11.1 Å². The van der Waals surface area contributed by atoms with Crippen LogP contribution in [0.3, 0.4) is 0 Å². The van der Waals surface area contributed by atoms with Crippen molar-refractivity contribution in [2.24, 2.45) is 0 Å². The molecule has 2 aromatic carbocycles. The van der Waals surface area contributed by atoms with E-state index in [1.165, 1.54) is 12.1 Å². The molecule has 17 heavy (non-hydrogen) atoms. The summed E-state index contributed by atoms with van der Waals surface area (Å²) in [5.74, 6) is -1.59. The second-order valence-electron chi connectivity index (χ2n) is 3.74. The highest BCUT2D eigenvalue weighted by atomic mass is 32.2. The lowest BCUT2D eigenvalue weighted by molar-refractivity contribution is 0.507. The fourth-order valence-electron chi connectivity index (χ4n) is 1.72. The molecule has 0 unspecified atom stereocenters. The van der Waals surface area contributed by atoms with Crippen LogP contribution in [-0.4, -0.2) is 6.26 Å². The van der Waals surface area contributed by atoms with Crippen LogP contribution in [0.5, 0.6) is 0 Å². The highest BCUT2D eigenvalue weighted by Crippen LogP contribution is 2.23. The van der Waals surface area contributed by atoms with Gasteiger partial charge in [-0.3, -0.25) is 0 Å². The molecule has 0 N–H and O–H groups in total. The van der Waals surface area contributed by atoms with Gasteiger partial charge in [0.1, 0.15) is 0 Å². The van der Waals surface area contributed by atoms with Crippen LogP contribution in [0.2, 0.25) is 0 Å². The molecule has 3 heteroatoms. The molecule has 2 rings (SSSR count). The molecule has 0 aliphatic rings. The molecular formula is C14H12F2S. The Labute approximate surface area is 104 Å². The Bertz CT molecular complexity index is 523. The Morgan fingerprint density at radius 3 is 2.47 bits per heavy atom. The van der Waals surface area contributed by atoms with Gasteiger partial charge in [0.25, 0.3) is 0 Å². The predicted octanol–water partition coefficient (Wildman–Crippen LogP) is 4.28. The van der Waals surface area contributed by atoms with Crippen molar-refractivity contribution >= 4 is 11.8 Å². The standard InChI is InChI=1S/C14H12F2S/c1-17-14-5-3-2-4-11(14)8-10-6-7-12(15)13(16)9-10/h2-7,9H,8H2,1H3. The van der Waals surface area contributed by atoms with Crippen LogP contribution < -0.4 is 0 Å². The summed E-state index contributed by atoms with van der Waals surface area (Å²) in [7, 11) is 0. The average Bonchev–Trinajstić information content (AvgIpc) is 2.34. The van der Waals surface area contributed by atoms with Crippen molar-refractivity contribution in [2.45, 2.75) is 11.3 Å². The smallest absolute Gasteiger partial charge is 0.159 e. The first-order valence-electron chi connectivity index (χ1n) is 5.26. The van der Waals surface area contributed by atoms with Gasteiger partial charge in [0.2, 0.25) is 0 Å². The summed E-state index contributed by atoms with van der Waals surface area (Å²) in [6.07, 6.45) is 2.62. The summed E-state index contributed by atoms with van der Waals surface area (Å²) >= 11 is 1.65. The third-order valence-electron chi connectivity index (χ3n) is 2.57. The molecule has 0 radical (unpaired) electrons. The number of hydrogen-bond acceptors (Lipinski definition) is 1. The van der Waals surface area contributed by atoms with E-state index in [0.717, 1.165) is 16.0 Å². The summed E-state index contributed by atoms with van der Waals surface area (Å²) in [4.78, 5) is 1.16. The van der Waals surface area contributed by atoms with Crippen molar-refractivity contribution in [1.82, 2.24) is 0 Å². The van der Waals surface area contributed by atoms with Crippen LogP contribution in [0, 0.1) is 11.6 Å². The number of rotatable bonds is 3. The van der Waals surface area contributed by atoms with Crippen molar-refractivity contribution in [1.29, 1.82) is 0 Å². The first kappa shape index (κ1) is 12.1. The van der Waals surface area contributed by atoms with E-state index in [9.17, 15) is 8.78 Å². The van der Waals surface area contributed by atoms with Gasteiger partial charge in [-0.2, -0.15) is 0 Å². The molecule has 2 aromatic rings. The minimum Gasteiger partial charge on any atom is -0.204 e. The van der Waals surface area contributed by atoms with Gasteiger partial charge in [0.05, 0.1) is 0 Å². The van der Waals surface area contributed by atoms with E-state index in [4.69, 9.17) is 0 Å². The van der Waals surface area contributed by atoms with Gasteiger partial charge in [0.15, 0.2) is 11.6 Å². The quantitative estimate of drug-likeness (QED) is 0.733. The number of thioether (sulfide) groups is 1. The molecule has 0 nitrogen and oxygen atoms in total. The molecule has 0 saturated heterocycles. The highest BCUT2D eigenvalue weighted by Gasteiger charge is 2.05. The largest absolute Gasteiger partial charge is 0.204 e. The molecule has 88 valence electrons. The lowest BCUT2D eigenvalue weighted by atomic mass is 10.0. The highest BCUT2D eigenvalue weighted by molar-refractivity contribution is 7.98. The lowest BCUT2D eigenvalue weighted by Gasteiger charge is -2.07. The Morgan fingerprint density at radius 2 is 1.76 bits per heavy atom. The zero-order valence-electron chi connectivity index (χ0n) is 9.41. The van der Waals surface area contributed by atoms with Gasteiger partial charge >= 0.3 is 0 Å². The number of halogens is 2. The van der Waals surface area contributed by atoms with Gasteiger partial charge < -0.3 is 0 Å². The topological polar surface area (TPSA) is 0 Å². The Morgan fingerprint density at radius 1 is 1.00 bits per heavy atom. The molecule has 0 aromatic heterocycles. The number of hydrogen-bond donors (Lipinski definition) is 0. The summed E-state index contributed by atoms with van der Waals surface area (Å²) in [5.41, 5.74) is 1.91. The maximum atomic E-state index is 13.1. The van der Waals surface area contributed by atoms with E-state index in [1.54, 1.807) is 17.8 Å². The van der Waals surface area contributed by atoms with Crippen LogP contribution in [0.4, 0.5) is 8.78 Å². The fraction of sp³-hybridized carbons (Fsp3) is 0.143. The summed E-state index contributed by atoms with van der Waals surface area (Å²) in [6.45, 7) is 0. The van der Waals surface area contributed by atoms with E-state index in [0.29, 0.717) is 6.42 Å². The SMILES string of the molecule is CSc1ccccc1Cc1ccc(F)c(F)c1. The number of benzene rings is 2. The van der Waals surface area contributed by atoms with Crippen LogP contribution in [0.25, 0.3) is 0 Å². The second kappa shape index (κ2) is 5.32. The van der Waals surface area contributed by atoms with Crippen molar-refractivity contribution in [3.63, 3.8) is 0 Å². The third kappa shape index (κ3) is 2.86. The molecule has 0 aliphatic heterocycles. The molecule has 0 atom stereocenters. The van der Waals surface area contributed by atoms with E-state index in [2.05, 4.69) is 0 Å². The Kier molecular flexibility index (Phi) is 3.79. The summed E-state index contributed by atoms with van der Waals surface area (Å²) in [6, 6.07) is 12.0. The van der Waals surface area contributed by atoms with Crippen LogP contribution in [0.15, 0.2) is 47.4 Å². The Balaban J connectivity index is 2.28.